The van der Waals surface area contributed by atoms with Gasteiger partial charge in [-0.2, -0.15) is 5.10 Å². The van der Waals surface area contributed by atoms with E-state index < -0.39 is 0 Å². The molecule has 7 heteroatoms. The number of amides is 1. The first-order valence-corrected chi connectivity index (χ1v) is 6.82. The zero-order valence-corrected chi connectivity index (χ0v) is 12.7. The number of carbonyl (C=O) groups excluding carboxylic acids is 1. The number of hydrogen-bond donors (Lipinski definition) is 3. The lowest BCUT2D eigenvalue weighted by atomic mass is 10.2. The fourth-order valence-corrected chi connectivity index (χ4v) is 2.00. The average Bonchev–Trinajstić information content (AvgIpc) is 2.72. The molecule has 0 atom stereocenters. The van der Waals surface area contributed by atoms with Crippen molar-refractivity contribution >= 4 is 44.0 Å². The number of aromatic hydroxyl groups is 1. The number of nitrogens with zero attached hydrogens (tertiary/aromatic N) is 1. The van der Waals surface area contributed by atoms with Gasteiger partial charge in [-0.1, -0.05) is 12.1 Å². The van der Waals surface area contributed by atoms with Gasteiger partial charge in [-0.25, -0.2) is 5.43 Å². The van der Waals surface area contributed by atoms with Gasteiger partial charge in [-0.15, -0.1) is 0 Å². The van der Waals surface area contributed by atoms with Crippen LogP contribution in [0.4, 0.5) is 0 Å². The first-order valence-electron chi connectivity index (χ1n) is 5.23. The molecule has 3 N–H and O–H groups in total. The number of hydrogen-bond acceptors (Lipinski definition) is 3. The molecule has 19 heavy (non-hydrogen) atoms. The topological polar surface area (TPSA) is 77.5 Å². The molecule has 0 radical (unpaired) electrons. The van der Waals surface area contributed by atoms with Crippen LogP contribution in [-0.4, -0.2) is 22.2 Å². The maximum atomic E-state index is 11.7. The number of halogens is 2. The Bertz CT molecular complexity index is 618. The van der Waals surface area contributed by atoms with Crippen molar-refractivity contribution in [3.63, 3.8) is 0 Å². The van der Waals surface area contributed by atoms with Crippen LogP contribution in [-0.2, 0) is 0 Å². The molecule has 0 aliphatic heterocycles. The van der Waals surface area contributed by atoms with E-state index in [1.165, 1.54) is 6.21 Å². The third-order valence-corrected chi connectivity index (χ3v) is 4.06. The molecule has 0 aliphatic rings. The number of phenolic OH excluding ortho intramolecular Hbond substituents is 1. The van der Waals surface area contributed by atoms with Crippen molar-refractivity contribution in [3.8, 4) is 5.75 Å². The summed E-state index contributed by atoms with van der Waals surface area (Å²) in [5, 5.41) is 13.3. The lowest BCUT2D eigenvalue weighted by molar-refractivity contribution is 0.0950. The summed E-state index contributed by atoms with van der Waals surface area (Å²) in [5.41, 5.74) is 3.26. The van der Waals surface area contributed by atoms with Gasteiger partial charge >= 0.3 is 0 Å². The zero-order chi connectivity index (χ0) is 13.8. The Morgan fingerprint density at radius 2 is 2.11 bits per heavy atom. The number of hydrazone groups is 1. The van der Waals surface area contributed by atoms with Gasteiger partial charge in [0.2, 0.25) is 0 Å². The Hall–Kier alpha value is -1.60. The minimum Gasteiger partial charge on any atom is -0.507 e. The molecule has 2 rings (SSSR count). The molecule has 0 unspecified atom stereocenters. The summed E-state index contributed by atoms with van der Waals surface area (Å²) in [6, 6.07) is 8.34. The van der Waals surface area contributed by atoms with Crippen molar-refractivity contribution in [2.24, 2.45) is 5.10 Å². The summed E-state index contributed by atoms with van der Waals surface area (Å²) in [6.07, 6.45) is 1.38. The van der Waals surface area contributed by atoms with Crippen LogP contribution in [0, 0.1) is 0 Å². The summed E-state index contributed by atoms with van der Waals surface area (Å²) in [4.78, 5) is 14.6. The number of para-hydroxylation sites is 1. The van der Waals surface area contributed by atoms with Gasteiger partial charge in [-0.05, 0) is 50.1 Å². The first-order chi connectivity index (χ1) is 9.08. The lowest BCUT2D eigenvalue weighted by Gasteiger charge is -1.98. The molecule has 0 fully saturated rings. The number of aromatic amines is 1. The minimum absolute atomic E-state index is 0.103. The van der Waals surface area contributed by atoms with Crippen molar-refractivity contribution in [3.05, 3.63) is 50.7 Å². The van der Waals surface area contributed by atoms with E-state index in [4.69, 9.17) is 0 Å². The van der Waals surface area contributed by atoms with E-state index in [9.17, 15) is 9.90 Å². The van der Waals surface area contributed by atoms with Gasteiger partial charge in [0, 0.05) is 5.56 Å². The predicted octanol–water partition coefficient (Wildman–Crippen LogP) is 3.01. The molecule has 0 saturated heterocycles. The third kappa shape index (κ3) is 3.45. The normalized spacial score (nSPS) is 10.8. The molecule has 98 valence electrons. The molecule has 1 heterocycles. The van der Waals surface area contributed by atoms with E-state index >= 15 is 0 Å². The van der Waals surface area contributed by atoms with Crippen molar-refractivity contribution in [2.75, 3.05) is 0 Å². The second-order valence-electron chi connectivity index (χ2n) is 3.60. The Kier molecular flexibility index (Phi) is 4.39. The molecular formula is C12H9Br2N3O2. The minimum atomic E-state index is -0.377. The highest BCUT2D eigenvalue weighted by molar-refractivity contribution is 9.13. The molecule has 0 aliphatic carbocycles. The SMILES string of the molecule is O=C(N/N=C/c1ccccc1O)c1cc(Br)c(Br)[nH]1. The Balaban J connectivity index is 2.03. The highest BCUT2D eigenvalue weighted by atomic mass is 79.9. The van der Waals surface area contributed by atoms with Crippen molar-refractivity contribution in [1.29, 1.82) is 0 Å². The fourth-order valence-electron chi connectivity index (χ4n) is 1.34. The molecule has 1 aromatic heterocycles. The van der Waals surface area contributed by atoms with E-state index in [-0.39, 0.29) is 11.7 Å². The quantitative estimate of drug-likeness (QED) is 0.560. The number of benzene rings is 1. The standard InChI is InChI=1S/C12H9Br2N3O2/c13-8-5-9(16-11(8)14)12(19)17-15-6-7-3-1-2-4-10(7)18/h1-6,16,18H,(H,17,19)/b15-6+. The van der Waals surface area contributed by atoms with Gasteiger partial charge in [0.15, 0.2) is 0 Å². The second kappa shape index (κ2) is 6.03. The van der Waals surface area contributed by atoms with Gasteiger partial charge in [0.25, 0.3) is 5.91 Å². The number of carbonyl (C=O) groups is 1. The van der Waals surface area contributed by atoms with E-state index in [2.05, 4.69) is 47.4 Å². The van der Waals surface area contributed by atoms with E-state index in [1.54, 1.807) is 30.3 Å². The molecular weight excluding hydrogens is 378 g/mol. The molecule has 0 saturated carbocycles. The number of phenols is 1. The average molecular weight is 387 g/mol. The maximum absolute atomic E-state index is 11.7. The predicted molar refractivity (Wildman–Crippen MR) is 79.4 cm³/mol. The number of nitrogens with one attached hydrogen (secondary N) is 2. The summed E-state index contributed by atoms with van der Waals surface area (Å²) in [6.45, 7) is 0. The van der Waals surface area contributed by atoms with Gasteiger partial charge in [0.05, 0.1) is 15.3 Å². The van der Waals surface area contributed by atoms with Gasteiger partial charge in [-0.3, -0.25) is 4.79 Å². The Labute approximate surface area is 126 Å². The van der Waals surface area contributed by atoms with E-state index in [1.807, 2.05) is 0 Å². The fraction of sp³-hybridized carbons (Fsp3) is 0. The molecule has 5 nitrogen and oxygen atoms in total. The maximum Gasteiger partial charge on any atom is 0.287 e. The highest BCUT2D eigenvalue weighted by Crippen LogP contribution is 2.22. The monoisotopic (exact) mass is 385 g/mol. The van der Waals surface area contributed by atoms with E-state index in [0.717, 1.165) is 4.47 Å². The summed E-state index contributed by atoms with van der Waals surface area (Å²) in [7, 11) is 0. The number of aromatic nitrogens is 1. The number of rotatable bonds is 3. The largest absolute Gasteiger partial charge is 0.507 e. The number of H-pyrrole nitrogens is 1. The van der Waals surface area contributed by atoms with Gasteiger partial charge in [0.1, 0.15) is 11.4 Å². The van der Waals surface area contributed by atoms with Crippen LogP contribution in [0.3, 0.4) is 0 Å². The van der Waals surface area contributed by atoms with Crippen LogP contribution in [0.1, 0.15) is 16.1 Å². The third-order valence-electron chi connectivity index (χ3n) is 2.28. The second-order valence-corrected chi connectivity index (χ2v) is 5.25. The molecule has 0 spiro atoms. The molecule has 0 bridgehead atoms. The highest BCUT2D eigenvalue weighted by Gasteiger charge is 2.09. The van der Waals surface area contributed by atoms with Crippen LogP contribution < -0.4 is 5.43 Å². The van der Waals surface area contributed by atoms with Crippen LogP contribution in [0.5, 0.6) is 5.75 Å². The van der Waals surface area contributed by atoms with E-state index in [0.29, 0.717) is 15.9 Å². The molecule has 1 amide bonds. The van der Waals surface area contributed by atoms with Crippen molar-refractivity contribution in [2.45, 2.75) is 0 Å². The molecule has 2 aromatic rings. The summed E-state index contributed by atoms with van der Waals surface area (Å²) in [5.74, 6) is -0.274. The van der Waals surface area contributed by atoms with Crippen LogP contribution in [0.15, 0.2) is 44.5 Å². The van der Waals surface area contributed by atoms with Crippen LogP contribution in [0.2, 0.25) is 0 Å². The van der Waals surface area contributed by atoms with Gasteiger partial charge < -0.3 is 10.1 Å². The van der Waals surface area contributed by atoms with Crippen LogP contribution in [0.25, 0.3) is 0 Å². The smallest absolute Gasteiger partial charge is 0.287 e. The summed E-state index contributed by atoms with van der Waals surface area (Å²) >= 11 is 6.51. The van der Waals surface area contributed by atoms with Crippen molar-refractivity contribution < 1.29 is 9.90 Å². The Morgan fingerprint density at radius 3 is 2.74 bits per heavy atom. The van der Waals surface area contributed by atoms with Crippen LogP contribution >= 0.6 is 31.9 Å². The first kappa shape index (κ1) is 13.8. The molecule has 1 aromatic carbocycles. The van der Waals surface area contributed by atoms with Crippen molar-refractivity contribution in [1.82, 2.24) is 10.4 Å². The zero-order valence-electron chi connectivity index (χ0n) is 9.52. The lowest BCUT2D eigenvalue weighted by Crippen LogP contribution is -2.17. The Morgan fingerprint density at radius 1 is 1.37 bits per heavy atom. The summed E-state index contributed by atoms with van der Waals surface area (Å²) < 4.78 is 1.43.